The van der Waals surface area contributed by atoms with Crippen LogP contribution >= 0.6 is 0 Å². The molecule has 0 fully saturated rings. The van der Waals surface area contributed by atoms with Crippen molar-refractivity contribution in [1.82, 2.24) is 15.0 Å². The first kappa shape index (κ1) is 18.9. The Bertz CT molecular complexity index is 1440. The smallest absolute Gasteiger partial charge is 0.257 e. The molecular formula is C25H21N3O3. The number of benzene rings is 2. The summed E-state index contributed by atoms with van der Waals surface area (Å²) in [6.07, 6.45) is 1.71. The van der Waals surface area contributed by atoms with Gasteiger partial charge in [0.05, 0.1) is 23.6 Å². The van der Waals surface area contributed by atoms with Gasteiger partial charge in [0.15, 0.2) is 0 Å². The molecule has 0 saturated heterocycles. The number of hydrogen-bond acceptors (Lipinski definition) is 4. The van der Waals surface area contributed by atoms with Crippen molar-refractivity contribution in [2.45, 2.75) is 13.5 Å². The lowest BCUT2D eigenvalue weighted by atomic mass is 10.1. The molecule has 0 unspecified atom stereocenters. The Labute approximate surface area is 178 Å². The largest absolute Gasteiger partial charge is 0.494 e. The molecule has 0 saturated carbocycles. The van der Waals surface area contributed by atoms with Gasteiger partial charge >= 0.3 is 0 Å². The number of fused-ring (bicyclic) bond motifs is 2. The fraction of sp³-hybridized carbons (Fsp3) is 0.120. The summed E-state index contributed by atoms with van der Waals surface area (Å²) in [5.41, 5.74) is 3.81. The van der Waals surface area contributed by atoms with Crippen molar-refractivity contribution >= 4 is 21.8 Å². The van der Waals surface area contributed by atoms with E-state index in [2.05, 4.69) is 15.0 Å². The monoisotopic (exact) mass is 411 g/mol. The minimum atomic E-state index is -0.123. The molecule has 3 aromatic heterocycles. The van der Waals surface area contributed by atoms with Crippen molar-refractivity contribution in [2.75, 3.05) is 6.61 Å². The van der Waals surface area contributed by atoms with Crippen molar-refractivity contribution in [3.05, 3.63) is 89.0 Å². The second kappa shape index (κ2) is 7.99. The standard InChI is InChI=1S/C25H21N3O3/c1-2-30-20-9-10-26-18(14-20)15-31-19-7-8-23-17(11-19)13-24(27-23)21-12-16-5-3-4-6-22(16)28-25(21)29/h3-14,27H,2,15H2,1H3,(H,28,29). The topological polar surface area (TPSA) is 80.0 Å². The summed E-state index contributed by atoms with van der Waals surface area (Å²) in [5.74, 6) is 1.51. The fourth-order valence-electron chi connectivity index (χ4n) is 3.64. The normalized spacial score (nSPS) is 11.1. The molecule has 0 spiro atoms. The second-order valence-corrected chi connectivity index (χ2v) is 7.24. The first-order valence-corrected chi connectivity index (χ1v) is 10.2. The van der Waals surface area contributed by atoms with E-state index < -0.39 is 0 Å². The van der Waals surface area contributed by atoms with Crippen LogP contribution in [0.2, 0.25) is 0 Å². The molecule has 2 aromatic carbocycles. The summed E-state index contributed by atoms with van der Waals surface area (Å²) < 4.78 is 11.4. The molecule has 5 aromatic rings. The summed E-state index contributed by atoms with van der Waals surface area (Å²) in [5, 5.41) is 1.96. The number of ether oxygens (including phenoxy) is 2. The van der Waals surface area contributed by atoms with Gasteiger partial charge in [-0.05, 0) is 54.8 Å². The third-order valence-electron chi connectivity index (χ3n) is 5.12. The van der Waals surface area contributed by atoms with Crippen LogP contribution in [-0.4, -0.2) is 21.6 Å². The van der Waals surface area contributed by atoms with Gasteiger partial charge in [0.2, 0.25) is 0 Å². The molecule has 0 aliphatic heterocycles. The van der Waals surface area contributed by atoms with Crippen LogP contribution in [0.1, 0.15) is 12.6 Å². The molecule has 3 heterocycles. The maximum Gasteiger partial charge on any atom is 0.257 e. The van der Waals surface area contributed by atoms with Crippen LogP contribution in [0.15, 0.2) is 77.7 Å². The fourth-order valence-corrected chi connectivity index (χ4v) is 3.64. The van der Waals surface area contributed by atoms with E-state index in [4.69, 9.17) is 9.47 Å². The molecule has 0 aliphatic rings. The number of aromatic nitrogens is 3. The highest BCUT2D eigenvalue weighted by atomic mass is 16.5. The van der Waals surface area contributed by atoms with Crippen LogP contribution in [0.3, 0.4) is 0 Å². The van der Waals surface area contributed by atoms with Gasteiger partial charge in [-0.1, -0.05) is 18.2 Å². The van der Waals surface area contributed by atoms with Gasteiger partial charge in [-0.25, -0.2) is 0 Å². The predicted octanol–water partition coefficient (Wildman–Crippen LogP) is 5.05. The summed E-state index contributed by atoms with van der Waals surface area (Å²) in [6, 6.07) is 21.1. The zero-order valence-electron chi connectivity index (χ0n) is 17.0. The van der Waals surface area contributed by atoms with Crippen LogP contribution in [0.25, 0.3) is 33.1 Å². The van der Waals surface area contributed by atoms with Crippen LogP contribution in [0.5, 0.6) is 11.5 Å². The molecule has 6 heteroatoms. The van der Waals surface area contributed by atoms with Gasteiger partial charge in [0, 0.05) is 28.7 Å². The van der Waals surface area contributed by atoms with E-state index in [9.17, 15) is 4.79 Å². The second-order valence-electron chi connectivity index (χ2n) is 7.24. The van der Waals surface area contributed by atoms with E-state index in [1.165, 1.54) is 0 Å². The van der Waals surface area contributed by atoms with Crippen molar-refractivity contribution in [1.29, 1.82) is 0 Å². The average Bonchev–Trinajstić information content (AvgIpc) is 3.21. The summed E-state index contributed by atoms with van der Waals surface area (Å²) >= 11 is 0. The molecule has 154 valence electrons. The van der Waals surface area contributed by atoms with E-state index in [0.717, 1.165) is 44.7 Å². The van der Waals surface area contributed by atoms with Crippen molar-refractivity contribution in [2.24, 2.45) is 0 Å². The highest BCUT2D eigenvalue weighted by Crippen LogP contribution is 2.27. The summed E-state index contributed by atoms with van der Waals surface area (Å²) in [7, 11) is 0. The number of aromatic amines is 2. The Morgan fingerprint density at radius 2 is 1.68 bits per heavy atom. The third-order valence-corrected chi connectivity index (χ3v) is 5.12. The number of nitrogens with one attached hydrogen (secondary N) is 2. The molecule has 0 radical (unpaired) electrons. The zero-order valence-corrected chi connectivity index (χ0v) is 17.0. The van der Waals surface area contributed by atoms with E-state index in [1.807, 2.05) is 73.7 Å². The number of para-hydroxylation sites is 1. The van der Waals surface area contributed by atoms with Gasteiger partial charge in [-0.15, -0.1) is 0 Å². The molecule has 0 bridgehead atoms. The van der Waals surface area contributed by atoms with Crippen molar-refractivity contribution in [3.63, 3.8) is 0 Å². The summed E-state index contributed by atoms with van der Waals surface area (Å²) in [4.78, 5) is 23.2. The number of nitrogens with zero attached hydrogens (tertiary/aromatic N) is 1. The minimum Gasteiger partial charge on any atom is -0.494 e. The van der Waals surface area contributed by atoms with Gasteiger partial charge in [0.25, 0.3) is 5.56 Å². The van der Waals surface area contributed by atoms with E-state index >= 15 is 0 Å². The van der Waals surface area contributed by atoms with Gasteiger partial charge in [-0.2, -0.15) is 0 Å². The Hall–Kier alpha value is -4.06. The Morgan fingerprint density at radius 3 is 2.58 bits per heavy atom. The number of rotatable bonds is 6. The van der Waals surface area contributed by atoms with Crippen molar-refractivity contribution < 1.29 is 9.47 Å². The van der Waals surface area contributed by atoms with E-state index in [-0.39, 0.29) is 5.56 Å². The van der Waals surface area contributed by atoms with Crippen LogP contribution in [-0.2, 0) is 6.61 Å². The molecule has 2 N–H and O–H groups in total. The lowest BCUT2D eigenvalue weighted by Gasteiger charge is -2.07. The number of hydrogen-bond donors (Lipinski definition) is 2. The van der Waals surface area contributed by atoms with E-state index in [1.54, 1.807) is 6.20 Å². The highest BCUT2D eigenvalue weighted by molar-refractivity contribution is 5.89. The molecular weight excluding hydrogens is 390 g/mol. The first-order valence-electron chi connectivity index (χ1n) is 10.2. The summed E-state index contributed by atoms with van der Waals surface area (Å²) in [6.45, 7) is 2.90. The SMILES string of the molecule is CCOc1ccnc(COc2ccc3[nH]c(-c4cc5ccccc5[nH]c4=O)cc3c2)c1. The van der Waals surface area contributed by atoms with Crippen molar-refractivity contribution in [3.8, 4) is 22.8 Å². The van der Waals surface area contributed by atoms with Crippen LogP contribution < -0.4 is 15.0 Å². The molecule has 5 rings (SSSR count). The highest BCUT2D eigenvalue weighted by Gasteiger charge is 2.10. The van der Waals surface area contributed by atoms with Crippen LogP contribution in [0, 0.1) is 0 Å². The molecule has 0 amide bonds. The number of H-pyrrole nitrogens is 2. The lowest BCUT2D eigenvalue weighted by Crippen LogP contribution is -2.08. The Balaban J connectivity index is 1.41. The Morgan fingerprint density at radius 1 is 0.839 bits per heavy atom. The Kier molecular flexibility index (Phi) is 4.88. The first-order chi connectivity index (χ1) is 15.2. The molecule has 6 nitrogen and oxygen atoms in total. The van der Waals surface area contributed by atoms with Gasteiger partial charge in [-0.3, -0.25) is 9.78 Å². The quantitative estimate of drug-likeness (QED) is 0.410. The molecule has 0 aliphatic carbocycles. The average molecular weight is 411 g/mol. The molecule has 31 heavy (non-hydrogen) atoms. The molecule has 0 atom stereocenters. The van der Waals surface area contributed by atoms with Gasteiger partial charge in [0.1, 0.15) is 18.1 Å². The lowest BCUT2D eigenvalue weighted by molar-refractivity contribution is 0.298. The maximum atomic E-state index is 12.6. The third kappa shape index (κ3) is 3.88. The van der Waals surface area contributed by atoms with Crippen LogP contribution in [0.4, 0.5) is 0 Å². The van der Waals surface area contributed by atoms with E-state index in [0.29, 0.717) is 18.8 Å². The minimum absolute atomic E-state index is 0.123. The number of pyridine rings is 2. The predicted molar refractivity (Wildman–Crippen MR) is 122 cm³/mol. The van der Waals surface area contributed by atoms with Gasteiger partial charge < -0.3 is 19.4 Å². The maximum absolute atomic E-state index is 12.6. The zero-order chi connectivity index (χ0) is 21.2.